The molecule has 1 aromatic rings. The monoisotopic (exact) mass is 344 g/mol. The zero-order valence-electron chi connectivity index (χ0n) is 14.1. The molecule has 0 radical (unpaired) electrons. The van der Waals surface area contributed by atoms with Crippen LogP contribution in [0.5, 0.6) is 0 Å². The van der Waals surface area contributed by atoms with Gasteiger partial charge in [-0.15, -0.1) is 0 Å². The summed E-state index contributed by atoms with van der Waals surface area (Å²) in [5.74, 6) is -0.0474. The number of carbonyl (C=O) groups excluding carboxylic acids is 1. The second kappa shape index (κ2) is 7.42. The topological polar surface area (TPSA) is 41.6 Å². The molecule has 1 N–H and O–H groups in total. The van der Waals surface area contributed by atoms with Crippen LogP contribution in [0.2, 0.25) is 0 Å². The average Bonchev–Trinajstić information content (AvgIpc) is 2.52. The van der Waals surface area contributed by atoms with E-state index in [-0.39, 0.29) is 18.0 Å². The van der Waals surface area contributed by atoms with Crippen molar-refractivity contribution in [3.05, 3.63) is 35.4 Å². The molecule has 1 saturated heterocycles. The van der Waals surface area contributed by atoms with E-state index in [4.69, 9.17) is 4.74 Å². The van der Waals surface area contributed by atoms with Crippen LogP contribution in [-0.2, 0) is 10.9 Å². The molecule has 1 fully saturated rings. The van der Waals surface area contributed by atoms with Crippen molar-refractivity contribution < 1.29 is 22.7 Å². The smallest absolute Gasteiger partial charge is 0.377 e. The van der Waals surface area contributed by atoms with Gasteiger partial charge in [0.1, 0.15) is 0 Å². The predicted octanol–water partition coefficient (Wildman–Crippen LogP) is 3.83. The summed E-state index contributed by atoms with van der Waals surface area (Å²) in [5, 5.41) is 2.88. The van der Waals surface area contributed by atoms with E-state index >= 15 is 0 Å². The van der Waals surface area contributed by atoms with Crippen LogP contribution in [0.3, 0.4) is 0 Å². The third kappa shape index (κ3) is 4.41. The van der Waals surface area contributed by atoms with Gasteiger partial charge in [0.05, 0.1) is 30.9 Å². The predicted molar refractivity (Wildman–Crippen MR) is 84.5 cm³/mol. The number of amides is 2. The summed E-state index contributed by atoms with van der Waals surface area (Å²) < 4.78 is 44.1. The molecular weight excluding hydrogens is 321 g/mol. The number of benzene rings is 1. The summed E-state index contributed by atoms with van der Waals surface area (Å²) in [4.78, 5) is 14.2. The van der Waals surface area contributed by atoms with Gasteiger partial charge in [0.25, 0.3) is 0 Å². The van der Waals surface area contributed by atoms with Crippen LogP contribution in [0.4, 0.5) is 18.0 Å². The molecule has 2 amide bonds. The normalized spacial score (nSPS) is 20.1. The fourth-order valence-corrected chi connectivity index (χ4v) is 2.79. The quantitative estimate of drug-likeness (QED) is 0.905. The zero-order valence-corrected chi connectivity index (χ0v) is 14.1. The van der Waals surface area contributed by atoms with E-state index in [1.807, 2.05) is 20.8 Å². The van der Waals surface area contributed by atoms with Crippen molar-refractivity contribution in [1.82, 2.24) is 10.2 Å². The Morgan fingerprint density at radius 1 is 1.38 bits per heavy atom. The number of urea groups is 1. The summed E-state index contributed by atoms with van der Waals surface area (Å²) in [6.45, 7) is 7.02. The highest BCUT2D eigenvalue weighted by Gasteiger charge is 2.32. The molecule has 134 valence electrons. The summed E-state index contributed by atoms with van der Waals surface area (Å²) in [6, 6.07) is 4.30. The molecule has 0 bridgehead atoms. The Kier molecular flexibility index (Phi) is 5.74. The number of nitrogens with one attached hydrogen (secondary N) is 1. The molecule has 0 spiro atoms. The number of alkyl halides is 3. The van der Waals surface area contributed by atoms with Crippen molar-refractivity contribution in [3.63, 3.8) is 0 Å². The number of ether oxygens (including phenoxy) is 1. The van der Waals surface area contributed by atoms with Crippen molar-refractivity contribution in [3.8, 4) is 0 Å². The van der Waals surface area contributed by atoms with Crippen molar-refractivity contribution in [2.75, 3.05) is 19.8 Å². The molecule has 0 unspecified atom stereocenters. The van der Waals surface area contributed by atoms with E-state index in [0.29, 0.717) is 25.3 Å². The molecule has 7 heteroatoms. The highest BCUT2D eigenvalue weighted by molar-refractivity contribution is 5.75. The summed E-state index contributed by atoms with van der Waals surface area (Å²) in [6.07, 6.45) is -4.40. The first-order valence-corrected chi connectivity index (χ1v) is 8.02. The molecule has 2 atom stereocenters. The Balaban J connectivity index is 2.19. The first kappa shape index (κ1) is 18.6. The summed E-state index contributed by atoms with van der Waals surface area (Å²) in [5.41, 5.74) is -0.256. The van der Waals surface area contributed by atoms with Gasteiger partial charge in [-0.2, -0.15) is 13.2 Å². The van der Waals surface area contributed by atoms with Crippen LogP contribution in [0.15, 0.2) is 24.3 Å². The minimum atomic E-state index is -4.40. The van der Waals surface area contributed by atoms with Crippen LogP contribution < -0.4 is 5.32 Å². The second-order valence-electron chi connectivity index (χ2n) is 6.41. The average molecular weight is 344 g/mol. The number of morpholine rings is 1. The summed E-state index contributed by atoms with van der Waals surface area (Å²) >= 11 is 0. The number of hydrogen-bond acceptors (Lipinski definition) is 2. The van der Waals surface area contributed by atoms with E-state index in [2.05, 4.69) is 5.32 Å². The molecule has 0 aromatic heterocycles. The van der Waals surface area contributed by atoms with Gasteiger partial charge in [0, 0.05) is 6.54 Å². The largest absolute Gasteiger partial charge is 0.416 e. The van der Waals surface area contributed by atoms with Crippen LogP contribution in [0.1, 0.15) is 37.9 Å². The fourth-order valence-electron chi connectivity index (χ4n) is 2.79. The van der Waals surface area contributed by atoms with E-state index < -0.39 is 17.8 Å². The van der Waals surface area contributed by atoms with Gasteiger partial charge in [-0.1, -0.05) is 26.0 Å². The molecule has 1 heterocycles. The highest BCUT2D eigenvalue weighted by atomic mass is 19.4. The maximum Gasteiger partial charge on any atom is 0.416 e. The van der Waals surface area contributed by atoms with E-state index in [1.165, 1.54) is 6.07 Å². The van der Waals surface area contributed by atoms with Crippen LogP contribution in [-0.4, -0.2) is 36.7 Å². The van der Waals surface area contributed by atoms with Gasteiger partial charge in [0.2, 0.25) is 0 Å². The molecule has 4 nitrogen and oxygen atoms in total. The Labute approximate surface area is 140 Å². The van der Waals surface area contributed by atoms with Crippen molar-refractivity contribution in [1.29, 1.82) is 0 Å². The van der Waals surface area contributed by atoms with Gasteiger partial charge in [-0.3, -0.25) is 0 Å². The third-order valence-electron chi connectivity index (χ3n) is 4.15. The number of nitrogens with zero attached hydrogens (tertiary/aromatic N) is 1. The van der Waals surface area contributed by atoms with Crippen molar-refractivity contribution in [2.45, 2.75) is 39.0 Å². The Morgan fingerprint density at radius 3 is 2.67 bits per heavy atom. The number of halogens is 3. The lowest BCUT2D eigenvalue weighted by atomic mass is 9.94. The van der Waals surface area contributed by atoms with Crippen molar-refractivity contribution >= 4 is 6.03 Å². The zero-order chi connectivity index (χ0) is 17.9. The van der Waals surface area contributed by atoms with Gasteiger partial charge >= 0.3 is 12.2 Å². The molecule has 2 rings (SSSR count). The van der Waals surface area contributed by atoms with Crippen molar-refractivity contribution in [2.24, 2.45) is 5.92 Å². The lowest BCUT2D eigenvalue weighted by Crippen LogP contribution is -2.52. The molecule has 1 aliphatic heterocycles. The lowest BCUT2D eigenvalue weighted by molar-refractivity contribution is -0.137. The van der Waals surface area contributed by atoms with Gasteiger partial charge in [-0.25, -0.2) is 4.79 Å². The Bertz CT molecular complexity index is 575. The first-order chi connectivity index (χ1) is 11.2. The minimum Gasteiger partial charge on any atom is -0.377 e. The maximum absolute atomic E-state index is 12.9. The number of rotatable bonds is 3. The van der Waals surface area contributed by atoms with E-state index in [1.54, 1.807) is 11.0 Å². The minimum absolute atomic E-state index is 0.0474. The van der Waals surface area contributed by atoms with E-state index in [0.717, 1.165) is 12.1 Å². The molecule has 1 aromatic carbocycles. The van der Waals surface area contributed by atoms with Crippen LogP contribution >= 0.6 is 0 Å². The fraction of sp³-hybridized carbons (Fsp3) is 0.588. The Morgan fingerprint density at radius 2 is 2.08 bits per heavy atom. The number of hydrogen-bond donors (Lipinski definition) is 1. The van der Waals surface area contributed by atoms with Gasteiger partial charge in [0.15, 0.2) is 0 Å². The standard InChI is InChI=1S/C17H23F3N2O2/c1-11(2)15(13-5-4-6-14(9-13)17(18,19)20)21-16(23)22-7-8-24-10-12(22)3/h4-6,9,11-12,15H,7-8,10H2,1-3H3,(H,21,23)/t12-,15-/m0/s1. The second-order valence-corrected chi connectivity index (χ2v) is 6.41. The molecule has 0 aliphatic carbocycles. The Hall–Kier alpha value is -1.76. The molecule has 24 heavy (non-hydrogen) atoms. The molecular formula is C17H23F3N2O2. The van der Waals surface area contributed by atoms with Crippen LogP contribution in [0, 0.1) is 5.92 Å². The maximum atomic E-state index is 12.9. The van der Waals surface area contributed by atoms with E-state index in [9.17, 15) is 18.0 Å². The summed E-state index contributed by atoms with van der Waals surface area (Å²) in [7, 11) is 0. The SMILES string of the molecule is CC(C)[C@H](NC(=O)N1CCOC[C@@H]1C)c1cccc(C(F)(F)F)c1. The van der Waals surface area contributed by atoms with Crippen LogP contribution in [0.25, 0.3) is 0 Å². The highest BCUT2D eigenvalue weighted by Crippen LogP contribution is 2.32. The molecule has 1 aliphatic rings. The first-order valence-electron chi connectivity index (χ1n) is 8.02. The number of carbonyl (C=O) groups is 1. The van der Waals surface area contributed by atoms with Gasteiger partial charge < -0.3 is 15.0 Å². The molecule has 0 saturated carbocycles. The lowest BCUT2D eigenvalue weighted by Gasteiger charge is -2.35. The van der Waals surface area contributed by atoms with Gasteiger partial charge in [-0.05, 0) is 30.5 Å². The third-order valence-corrected chi connectivity index (χ3v) is 4.15.